The van der Waals surface area contributed by atoms with Gasteiger partial charge in [0.1, 0.15) is 0 Å². The van der Waals surface area contributed by atoms with Gasteiger partial charge in [-0.3, -0.25) is 4.79 Å². The van der Waals surface area contributed by atoms with Crippen LogP contribution in [0, 0.1) is 0 Å². The quantitative estimate of drug-likeness (QED) is 0.725. The molecule has 1 amide bonds. The zero-order valence-electron chi connectivity index (χ0n) is 13.5. The third-order valence-electron chi connectivity index (χ3n) is 3.68. The van der Waals surface area contributed by atoms with Crippen molar-refractivity contribution in [3.05, 3.63) is 29.8 Å². The van der Waals surface area contributed by atoms with E-state index in [0.29, 0.717) is 6.04 Å². The van der Waals surface area contributed by atoms with E-state index >= 15 is 0 Å². The summed E-state index contributed by atoms with van der Waals surface area (Å²) in [5.41, 5.74) is 2.80. The maximum absolute atomic E-state index is 11.4. The maximum atomic E-state index is 11.4. The number of nitrogens with zero attached hydrogens (tertiary/aromatic N) is 2. The smallest absolute Gasteiger partial charge is 0.219 e. The maximum Gasteiger partial charge on any atom is 0.219 e. The van der Waals surface area contributed by atoms with Crippen LogP contribution in [0.4, 0.5) is 5.69 Å². The van der Waals surface area contributed by atoms with Gasteiger partial charge in [-0.25, -0.2) is 0 Å². The number of rotatable bonds is 0. The molecule has 1 unspecified atom stereocenters. The summed E-state index contributed by atoms with van der Waals surface area (Å²) in [5, 5.41) is 0. The molecule has 3 heteroatoms. The molecule has 2 aliphatic heterocycles. The van der Waals surface area contributed by atoms with Crippen LogP contribution in [0.5, 0.6) is 0 Å². The molecule has 112 valence electrons. The van der Waals surface area contributed by atoms with Gasteiger partial charge in [0.15, 0.2) is 0 Å². The Hall–Kier alpha value is -1.51. The number of hydrogen-bond donors (Lipinski definition) is 0. The van der Waals surface area contributed by atoms with Gasteiger partial charge in [-0.05, 0) is 18.1 Å². The Bertz CT molecular complexity index is 431. The molecule has 1 aromatic rings. The lowest BCUT2D eigenvalue weighted by molar-refractivity contribution is -0.129. The third-order valence-corrected chi connectivity index (χ3v) is 3.68. The van der Waals surface area contributed by atoms with Gasteiger partial charge in [0.05, 0.1) is 6.04 Å². The first-order chi connectivity index (χ1) is 9.75. The van der Waals surface area contributed by atoms with Gasteiger partial charge in [-0.2, -0.15) is 0 Å². The highest BCUT2D eigenvalue weighted by Crippen LogP contribution is 2.33. The summed E-state index contributed by atoms with van der Waals surface area (Å²) in [6, 6.07) is 9.08. The van der Waals surface area contributed by atoms with E-state index in [-0.39, 0.29) is 5.91 Å². The van der Waals surface area contributed by atoms with Crippen molar-refractivity contribution in [2.45, 2.75) is 47.1 Å². The number of amides is 1. The fraction of sp³-hybridized carbons (Fsp3) is 0.588. The highest BCUT2D eigenvalue weighted by Gasteiger charge is 2.34. The molecule has 2 heterocycles. The minimum absolute atomic E-state index is 0.204. The van der Waals surface area contributed by atoms with Gasteiger partial charge in [0, 0.05) is 32.2 Å². The molecule has 3 rings (SSSR count). The molecule has 1 fully saturated rings. The van der Waals surface area contributed by atoms with Gasteiger partial charge in [-0.15, -0.1) is 0 Å². The van der Waals surface area contributed by atoms with E-state index in [0.717, 1.165) is 26.1 Å². The SMILES string of the molecule is CC.CC.CC(=O)N1CCN2c3ccccc3CC2C1. The fourth-order valence-electron chi connectivity index (χ4n) is 2.85. The zero-order chi connectivity index (χ0) is 15.1. The second-order valence-electron chi connectivity index (χ2n) is 4.65. The average Bonchev–Trinajstić information content (AvgIpc) is 2.89. The van der Waals surface area contributed by atoms with E-state index in [2.05, 4.69) is 29.2 Å². The topological polar surface area (TPSA) is 23.6 Å². The number of benzene rings is 1. The van der Waals surface area contributed by atoms with E-state index in [1.54, 1.807) is 6.92 Å². The van der Waals surface area contributed by atoms with Crippen molar-refractivity contribution in [1.29, 1.82) is 0 Å². The van der Waals surface area contributed by atoms with Crippen molar-refractivity contribution in [3.8, 4) is 0 Å². The van der Waals surface area contributed by atoms with Crippen LogP contribution in [0.1, 0.15) is 40.2 Å². The van der Waals surface area contributed by atoms with Crippen LogP contribution in [0.25, 0.3) is 0 Å². The molecule has 0 aromatic heterocycles. The van der Waals surface area contributed by atoms with Crippen molar-refractivity contribution >= 4 is 11.6 Å². The van der Waals surface area contributed by atoms with Crippen LogP contribution in [0.3, 0.4) is 0 Å². The predicted molar refractivity (Wildman–Crippen MR) is 86.2 cm³/mol. The Morgan fingerprint density at radius 1 is 1.10 bits per heavy atom. The Morgan fingerprint density at radius 2 is 1.75 bits per heavy atom. The molecule has 20 heavy (non-hydrogen) atoms. The standard InChI is InChI=1S/C13H16N2O.2C2H6/c1-10(16)14-6-7-15-12(9-14)8-11-4-2-3-5-13(11)15;2*1-2/h2-5,12H,6-9H2,1H3;2*1-2H3. The Balaban J connectivity index is 0.000000461. The van der Waals surface area contributed by atoms with Crippen LogP contribution in [0.2, 0.25) is 0 Å². The summed E-state index contributed by atoms with van der Waals surface area (Å²) in [5.74, 6) is 0.204. The molecule has 2 aliphatic rings. The molecule has 1 saturated heterocycles. The molecular formula is C17H28N2O. The van der Waals surface area contributed by atoms with Crippen LogP contribution in [0.15, 0.2) is 24.3 Å². The van der Waals surface area contributed by atoms with Crippen LogP contribution in [-0.2, 0) is 11.2 Å². The Labute approximate surface area is 123 Å². The van der Waals surface area contributed by atoms with Gasteiger partial charge in [-0.1, -0.05) is 45.9 Å². The van der Waals surface area contributed by atoms with Crippen molar-refractivity contribution in [1.82, 2.24) is 4.90 Å². The summed E-state index contributed by atoms with van der Waals surface area (Å²) >= 11 is 0. The molecule has 3 nitrogen and oxygen atoms in total. The molecule has 0 bridgehead atoms. The van der Waals surface area contributed by atoms with Crippen molar-refractivity contribution in [3.63, 3.8) is 0 Å². The van der Waals surface area contributed by atoms with Crippen molar-refractivity contribution in [2.75, 3.05) is 24.5 Å². The van der Waals surface area contributed by atoms with E-state index in [4.69, 9.17) is 0 Å². The van der Waals surface area contributed by atoms with Crippen LogP contribution < -0.4 is 4.90 Å². The summed E-state index contributed by atoms with van der Waals surface area (Å²) in [6.45, 7) is 12.4. The summed E-state index contributed by atoms with van der Waals surface area (Å²) in [4.78, 5) is 15.8. The first-order valence-electron chi connectivity index (χ1n) is 7.86. The van der Waals surface area contributed by atoms with Gasteiger partial charge in [0.2, 0.25) is 5.91 Å². The average molecular weight is 276 g/mol. The zero-order valence-corrected chi connectivity index (χ0v) is 13.5. The van der Waals surface area contributed by atoms with Gasteiger partial charge >= 0.3 is 0 Å². The number of carbonyl (C=O) groups is 1. The third kappa shape index (κ3) is 3.33. The number of piperazine rings is 1. The molecule has 0 aliphatic carbocycles. The fourth-order valence-corrected chi connectivity index (χ4v) is 2.85. The van der Waals surface area contributed by atoms with Crippen molar-refractivity contribution in [2.24, 2.45) is 0 Å². The molecule has 0 radical (unpaired) electrons. The first-order valence-corrected chi connectivity index (χ1v) is 7.86. The highest BCUT2D eigenvalue weighted by molar-refractivity contribution is 5.74. The molecule has 1 atom stereocenters. The number of fused-ring (bicyclic) bond motifs is 3. The second-order valence-corrected chi connectivity index (χ2v) is 4.65. The van der Waals surface area contributed by atoms with Crippen LogP contribution in [-0.4, -0.2) is 36.5 Å². The lowest BCUT2D eigenvalue weighted by atomic mass is 10.1. The highest BCUT2D eigenvalue weighted by atomic mass is 16.2. The lowest BCUT2D eigenvalue weighted by Gasteiger charge is -2.38. The Morgan fingerprint density at radius 3 is 2.40 bits per heavy atom. The lowest BCUT2D eigenvalue weighted by Crippen LogP contribution is -2.53. The van der Waals surface area contributed by atoms with Crippen LogP contribution >= 0.6 is 0 Å². The number of carbonyl (C=O) groups excluding carboxylic acids is 1. The summed E-state index contributed by atoms with van der Waals surface area (Å²) in [6.07, 6.45) is 1.08. The first kappa shape index (κ1) is 16.5. The summed E-state index contributed by atoms with van der Waals surface area (Å²) < 4.78 is 0. The molecular weight excluding hydrogens is 248 g/mol. The minimum atomic E-state index is 0.204. The molecule has 1 aromatic carbocycles. The van der Waals surface area contributed by atoms with E-state index in [1.165, 1.54) is 11.3 Å². The molecule has 0 N–H and O–H groups in total. The number of para-hydroxylation sites is 1. The van der Waals surface area contributed by atoms with E-state index in [1.807, 2.05) is 32.6 Å². The number of hydrogen-bond acceptors (Lipinski definition) is 2. The number of anilines is 1. The van der Waals surface area contributed by atoms with Gasteiger partial charge < -0.3 is 9.80 Å². The van der Waals surface area contributed by atoms with Gasteiger partial charge in [0.25, 0.3) is 0 Å². The second kappa shape index (κ2) is 7.93. The minimum Gasteiger partial charge on any atom is -0.364 e. The predicted octanol–water partition coefficient (Wildman–Crippen LogP) is 3.33. The molecule has 0 saturated carbocycles. The van der Waals surface area contributed by atoms with Crippen molar-refractivity contribution < 1.29 is 4.79 Å². The largest absolute Gasteiger partial charge is 0.364 e. The van der Waals surface area contributed by atoms with E-state index < -0.39 is 0 Å². The Kier molecular flexibility index (Phi) is 6.56. The monoisotopic (exact) mass is 276 g/mol. The summed E-state index contributed by atoms with van der Waals surface area (Å²) in [7, 11) is 0. The van der Waals surface area contributed by atoms with E-state index in [9.17, 15) is 4.79 Å². The normalized spacial score (nSPS) is 18.9. The molecule has 0 spiro atoms.